The first-order chi connectivity index (χ1) is 11.1. The third kappa shape index (κ3) is 3.89. The second-order valence-electron chi connectivity index (χ2n) is 5.67. The van der Waals surface area contributed by atoms with Crippen molar-refractivity contribution in [3.8, 4) is 0 Å². The van der Waals surface area contributed by atoms with Gasteiger partial charge in [0.2, 0.25) is 0 Å². The first-order valence-electron chi connectivity index (χ1n) is 7.65. The molecule has 1 aliphatic heterocycles. The number of amides is 1. The Labute approximate surface area is 138 Å². The Kier molecular flexibility index (Phi) is 4.92. The van der Waals surface area contributed by atoms with Gasteiger partial charge in [-0.3, -0.25) is 4.79 Å². The molecule has 1 fully saturated rings. The van der Waals surface area contributed by atoms with Crippen LogP contribution in [0.3, 0.4) is 0 Å². The second kappa shape index (κ2) is 7.10. The number of ether oxygens (including phenoxy) is 1. The summed E-state index contributed by atoms with van der Waals surface area (Å²) in [6, 6.07) is 1.68. The predicted octanol–water partition coefficient (Wildman–Crippen LogP) is 2.02. The third-order valence-corrected chi connectivity index (χ3v) is 4.53. The summed E-state index contributed by atoms with van der Waals surface area (Å²) in [5.74, 6) is 0.665. The number of rotatable bonds is 5. The molecule has 0 radical (unpaired) electrons. The molecule has 8 heteroatoms. The lowest BCUT2D eigenvalue weighted by atomic mass is 10.1. The van der Waals surface area contributed by atoms with Crippen LogP contribution in [0.4, 0.5) is 5.13 Å². The van der Waals surface area contributed by atoms with E-state index >= 15 is 0 Å². The van der Waals surface area contributed by atoms with E-state index < -0.39 is 0 Å². The molecule has 0 spiro atoms. The van der Waals surface area contributed by atoms with Crippen LogP contribution in [-0.2, 0) is 11.3 Å². The number of thiazole rings is 1. The van der Waals surface area contributed by atoms with Crippen molar-refractivity contribution >= 4 is 22.4 Å². The lowest BCUT2D eigenvalue weighted by Gasteiger charge is -2.26. The number of morpholine rings is 1. The van der Waals surface area contributed by atoms with Crippen molar-refractivity contribution in [2.24, 2.45) is 0 Å². The van der Waals surface area contributed by atoms with Gasteiger partial charge < -0.3 is 19.5 Å². The topological polar surface area (TPSA) is 80.5 Å². The highest BCUT2D eigenvalue weighted by atomic mass is 32.1. The SMILES string of the molecule is CC(C)c1cc(C(=O)NCc2csc(N3CCOCC3)n2)no1. The molecule has 7 nitrogen and oxygen atoms in total. The molecule has 0 saturated carbocycles. The van der Waals surface area contributed by atoms with Crippen LogP contribution in [0.15, 0.2) is 16.0 Å². The van der Waals surface area contributed by atoms with Gasteiger partial charge in [0.25, 0.3) is 5.91 Å². The Morgan fingerprint density at radius 2 is 2.22 bits per heavy atom. The lowest BCUT2D eigenvalue weighted by Crippen LogP contribution is -2.36. The zero-order valence-electron chi connectivity index (χ0n) is 13.2. The van der Waals surface area contributed by atoms with Crippen molar-refractivity contribution in [1.82, 2.24) is 15.5 Å². The molecule has 2 aromatic heterocycles. The van der Waals surface area contributed by atoms with E-state index in [0.717, 1.165) is 37.1 Å². The van der Waals surface area contributed by atoms with Crippen molar-refractivity contribution in [3.63, 3.8) is 0 Å². The number of hydrogen-bond donors (Lipinski definition) is 1. The zero-order chi connectivity index (χ0) is 16.2. The van der Waals surface area contributed by atoms with Crippen LogP contribution in [0.2, 0.25) is 0 Å². The van der Waals surface area contributed by atoms with Crippen LogP contribution < -0.4 is 10.2 Å². The summed E-state index contributed by atoms with van der Waals surface area (Å²) < 4.78 is 10.5. The molecule has 0 aliphatic carbocycles. The van der Waals surface area contributed by atoms with E-state index in [1.165, 1.54) is 0 Å². The maximum Gasteiger partial charge on any atom is 0.273 e. The summed E-state index contributed by atoms with van der Waals surface area (Å²) in [7, 11) is 0. The number of carbonyl (C=O) groups is 1. The third-order valence-electron chi connectivity index (χ3n) is 3.58. The lowest BCUT2D eigenvalue weighted by molar-refractivity contribution is 0.0941. The molecule has 2 aromatic rings. The van der Waals surface area contributed by atoms with Gasteiger partial charge in [-0.25, -0.2) is 4.98 Å². The summed E-state index contributed by atoms with van der Waals surface area (Å²) in [6.45, 7) is 7.54. The highest BCUT2D eigenvalue weighted by molar-refractivity contribution is 7.13. The molecular weight excluding hydrogens is 316 g/mol. The highest BCUT2D eigenvalue weighted by Crippen LogP contribution is 2.21. The summed E-state index contributed by atoms with van der Waals surface area (Å²) in [6.07, 6.45) is 0. The van der Waals surface area contributed by atoms with E-state index in [-0.39, 0.29) is 11.8 Å². The predicted molar refractivity (Wildman–Crippen MR) is 86.9 cm³/mol. The van der Waals surface area contributed by atoms with Gasteiger partial charge in [0, 0.05) is 30.5 Å². The van der Waals surface area contributed by atoms with E-state index in [1.54, 1.807) is 17.4 Å². The Morgan fingerprint density at radius 3 is 2.91 bits per heavy atom. The molecule has 0 atom stereocenters. The van der Waals surface area contributed by atoms with Gasteiger partial charge in [-0.15, -0.1) is 11.3 Å². The maximum atomic E-state index is 12.1. The number of aromatic nitrogens is 2. The monoisotopic (exact) mass is 336 g/mol. The molecule has 23 heavy (non-hydrogen) atoms. The van der Waals surface area contributed by atoms with Crippen molar-refractivity contribution in [2.75, 3.05) is 31.2 Å². The fourth-order valence-corrected chi connectivity index (χ4v) is 3.09. The van der Waals surface area contributed by atoms with Crippen LogP contribution in [0, 0.1) is 0 Å². The molecule has 1 aliphatic rings. The first kappa shape index (κ1) is 15.9. The number of anilines is 1. The Balaban J connectivity index is 1.55. The first-order valence-corrected chi connectivity index (χ1v) is 8.53. The quantitative estimate of drug-likeness (QED) is 0.900. The number of nitrogens with one attached hydrogen (secondary N) is 1. The van der Waals surface area contributed by atoms with E-state index in [0.29, 0.717) is 18.0 Å². The second-order valence-corrected chi connectivity index (χ2v) is 6.51. The van der Waals surface area contributed by atoms with Gasteiger partial charge in [0.15, 0.2) is 10.8 Å². The van der Waals surface area contributed by atoms with Crippen molar-refractivity contribution in [1.29, 1.82) is 0 Å². The molecule has 3 heterocycles. The number of nitrogens with zero attached hydrogens (tertiary/aromatic N) is 3. The largest absolute Gasteiger partial charge is 0.378 e. The van der Waals surface area contributed by atoms with E-state index in [9.17, 15) is 4.79 Å². The van der Waals surface area contributed by atoms with Crippen molar-refractivity contribution < 1.29 is 14.1 Å². The van der Waals surface area contributed by atoms with E-state index in [1.807, 2.05) is 19.2 Å². The maximum absolute atomic E-state index is 12.1. The summed E-state index contributed by atoms with van der Waals surface area (Å²) in [5, 5.41) is 9.56. The Morgan fingerprint density at radius 1 is 1.43 bits per heavy atom. The molecule has 1 N–H and O–H groups in total. The van der Waals surface area contributed by atoms with Crippen LogP contribution in [0.25, 0.3) is 0 Å². The standard InChI is InChI=1S/C15H20N4O3S/c1-10(2)13-7-12(18-22-13)14(20)16-8-11-9-23-15(17-11)19-3-5-21-6-4-19/h7,9-10H,3-6,8H2,1-2H3,(H,16,20). The average molecular weight is 336 g/mol. The van der Waals surface area contributed by atoms with E-state index in [4.69, 9.17) is 9.26 Å². The van der Waals surface area contributed by atoms with Gasteiger partial charge >= 0.3 is 0 Å². The molecule has 0 unspecified atom stereocenters. The van der Waals surface area contributed by atoms with Crippen LogP contribution >= 0.6 is 11.3 Å². The van der Waals surface area contributed by atoms with E-state index in [2.05, 4.69) is 20.4 Å². The molecule has 1 amide bonds. The van der Waals surface area contributed by atoms with Crippen molar-refractivity contribution in [2.45, 2.75) is 26.3 Å². The summed E-state index contributed by atoms with van der Waals surface area (Å²) in [4.78, 5) is 18.8. The molecule has 0 bridgehead atoms. The summed E-state index contributed by atoms with van der Waals surface area (Å²) in [5.41, 5.74) is 1.15. The zero-order valence-corrected chi connectivity index (χ0v) is 14.1. The summed E-state index contributed by atoms with van der Waals surface area (Å²) >= 11 is 1.59. The molecule has 124 valence electrons. The number of carbonyl (C=O) groups excluding carboxylic acids is 1. The molecule has 1 saturated heterocycles. The average Bonchev–Trinajstić information content (AvgIpc) is 3.23. The fraction of sp³-hybridized carbons (Fsp3) is 0.533. The minimum absolute atomic E-state index is 0.207. The minimum Gasteiger partial charge on any atom is -0.378 e. The Bertz CT molecular complexity index is 661. The smallest absolute Gasteiger partial charge is 0.273 e. The Hall–Kier alpha value is -1.93. The highest BCUT2D eigenvalue weighted by Gasteiger charge is 2.16. The van der Waals surface area contributed by atoms with Crippen LogP contribution in [0.5, 0.6) is 0 Å². The minimum atomic E-state index is -0.249. The normalized spacial score (nSPS) is 15.2. The van der Waals surface area contributed by atoms with Gasteiger partial charge in [-0.2, -0.15) is 0 Å². The van der Waals surface area contributed by atoms with Gasteiger partial charge in [-0.05, 0) is 0 Å². The van der Waals surface area contributed by atoms with Crippen molar-refractivity contribution in [3.05, 3.63) is 28.6 Å². The number of hydrogen-bond acceptors (Lipinski definition) is 7. The molecular formula is C15H20N4O3S. The van der Waals surface area contributed by atoms with Gasteiger partial charge in [-0.1, -0.05) is 19.0 Å². The van der Waals surface area contributed by atoms with Gasteiger partial charge in [0.1, 0.15) is 5.76 Å². The molecule has 0 aromatic carbocycles. The molecule has 3 rings (SSSR count). The van der Waals surface area contributed by atoms with Crippen LogP contribution in [-0.4, -0.2) is 42.4 Å². The fourth-order valence-electron chi connectivity index (χ4n) is 2.21. The van der Waals surface area contributed by atoms with Crippen LogP contribution in [0.1, 0.15) is 41.7 Å². The van der Waals surface area contributed by atoms with Gasteiger partial charge in [0.05, 0.1) is 25.5 Å².